The molecular formula is C29H32O. The zero-order valence-corrected chi connectivity index (χ0v) is 19.0. The van der Waals surface area contributed by atoms with Crippen molar-refractivity contribution in [3.05, 3.63) is 89.0 Å². The fourth-order valence-electron chi connectivity index (χ4n) is 4.35. The number of aromatic hydroxyl groups is 1. The molecule has 0 aliphatic heterocycles. The molecule has 1 heteroatoms. The molecule has 0 spiro atoms. The van der Waals surface area contributed by atoms with E-state index in [1.807, 2.05) is 0 Å². The maximum atomic E-state index is 11.0. The molecule has 0 saturated carbocycles. The SMILES string of the molecule is CC(C)(C)c1cc(Cc2cccc3cc4ccccc4cc23)cc(C(C)(C)C)c1O. The van der Waals surface area contributed by atoms with Gasteiger partial charge in [-0.1, -0.05) is 96.1 Å². The standard InChI is InChI=1S/C29H32O/c1-28(2,3)25-15-19(16-26(27(25)30)29(4,5)6)14-22-12-9-13-23-17-20-10-7-8-11-21(20)18-24(22)23/h7-13,15-18,30H,14H2,1-6H3. The van der Waals surface area contributed by atoms with Crippen LogP contribution in [0.4, 0.5) is 0 Å². The van der Waals surface area contributed by atoms with Crippen molar-refractivity contribution in [3.8, 4) is 5.75 Å². The smallest absolute Gasteiger partial charge is 0.123 e. The van der Waals surface area contributed by atoms with Crippen molar-refractivity contribution in [1.82, 2.24) is 0 Å². The van der Waals surface area contributed by atoms with Crippen LogP contribution < -0.4 is 0 Å². The predicted octanol–water partition coefficient (Wildman–Crippen LogP) is 7.88. The van der Waals surface area contributed by atoms with Crippen molar-refractivity contribution in [3.63, 3.8) is 0 Å². The number of phenols is 1. The summed E-state index contributed by atoms with van der Waals surface area (Å²) >= 11 is 0. The molecule has 0 radical (unpaired) electrons. The molecule has 0 amide bonds. The normalized spacial score (nSPS) is 12.6. The monoisotopic (exact) mass is 396 g/mol. The zero-order valence-electron chi connectivity index (χ0n) is 19.0. The predicted molar refractivity (Wildman–Crippen MR) is 130 cm³/mol. The number of phenolic OH excluding ortho intramolecular Hbond substituents is 1. The molecule has 30 heavy (non-hydrogen) atoms. The third kappa shape index (κ3) is 3.81. The van der Waals surface area contributed by atoms with Gasteiger partial charge in [0.15, 0.2) is 0 Å². The topological polar surface area (TPSA) is 20.2 Å². The van der Waals surface area contributed by atoms with Crippen molar-refractivity contribution in [2.75, 3.05) is 0 Å². The molecule has 0 aromatic heterocycles. The van der Waals surface area contributed by atoms with Crippen LogP contribution in [0, 0.1) is 0 Å². The van der Waals surface area contributed by atoms with Crippen LogP contribution in [0.2, 0.25) is 0 Å². The van der Waals surface area contributed by atoms with Crippen LogP contribution in [0.5, 0.6) is 5.75 Å². The molecule has 1 N–H and O–H groups in total. The third-order valence-electron chi connectivity index (χ3n) is 6.02. The highest BCUT2D eigenvalue weighted by Gasteiger charge is 2.26. The minimum Gasteiger partial charge on any atom is -0.507 e. The van der Waals surface area contributed by atoms with Gasteiger partial charge >= 0.3 is 0 Å². The summed E-state index contributed by atoms with van der Waals surface area (Å²) in [7, 11) is 0. The summed E-state index contributed by atoms with van der Waals surface area (Å²) in [6.45, 7) is 13.0. The van der Waals surface area contributed by atoms with E-state index in [4.69, 9.17) is 0 Å². The van der Waals surface area contributed by atoms with Crippen LogP contribution in [0.1, 0.15) is 63.8 Å². The largest absolute Gasteiger partial charge is 0.507 e. The van der Waals surface area contributed by atoms with Gasteiger partial charge < -0.3 is 5.11 Å². The summed E-state index contributed by atoms with van der Waals surface area (Å²) in [5.74, 6) is 0.447. The van der Waals surface area contributed by atoms with Gasteiger partial charge in [0.1, 0.15) is 5.75 Å². The minimum atomic E-state index is -0.116. The second-order valence-electron chi connectivity index (χ2n) is 10.6. The van der Waals surface area contributed by atoms with E-state index in [0.717, 1.165) is 17.5 Å². The van der Waals surface area contributed by atoms with Gasteiger partial charge in [0.05, 0.1) is 0 Å². The molecule has 0 unspecified atom stereocenters. The van der Waals surface area contributed by atoms with E-state index >= 15 is 0 Å². The summed E-state index contributed by atoms with van der Waals surface area (Å²) in [5, 5.41) is 16.2. The summed E-state index contributed by atoms with van der Waals surface area (Å²) in [6, 6.07) is 24.1. The van der Waals surface area contributed by atoms with Crippen molar-refractivity contribution in [2.45, 2.75) is 58.8 Å². The number of hydrogen-bond donors (Lipinski definition) is 1. The first-order valence-electron chi connectivity index (χ1n) is 10.8. The maximum absolute atomic E-state index is 11.0. The van der Waals surface area contributed by atoms with Gasteiger partial charge in [-0.05, 0) is 73.2 Å². The Hall–Kier alpha value is -2.80. The van der Waals surface area contributed by atoms with Gasteiger partial charge in [-0.2, -0.15) is 0 Å². The third-order valence-corrected chi connectivity index (χ3v) is 6.02. The van der Waals surface area contributed by atoms with E-state index in [9.17, 15) is 5.11 Å². The Bertz CT molecular complexity index is 1200. The van der Waals surface area contributed by atoms with Gasteiger partial charge in [0, 0.05) is 0 Å². The van der Waals surface area contributed by atoms with E-state index in [-0.39, 0.29) is 10.8 Å². The van der Waals surface area contributed by atoms with Crippen LogP contribution in [-0.4, -0.2) is 5.11 Å². The summed E-state index contributed by atoms with van der Waals surface area (Å²) in [4.78, 5) is 0. The van der Waals surface area contributed by atoms with E-state index in [1.54, 1.807) is 0 Å². The van der Waals surface area contributed by atoms with Crippen LogP contribution >= 0.6 is 0 Å². The Morgan fingerprint density at radius 2 is 1.17 bits per heavy atom. The van der Waals surface area contributed by atoms with Crippen molar-refractivity contribution in [2.24, 2.45) is 0 Å². The van der Waals surface area contributed by atoms with E-state index in [1.165, 1.54) is 32.7 Å². The van der Waals surface area contributed by atoms with Crippen LogP contribution in [0.3, 0.4) is 0 Å². The minimum absolute atomic E-state index is 0.116. The fraction of sp³-hybridized carbons (Fsp3) is 0.310. The van der Waals surface area contributed by atoms with E-state index in [0.29, 0.717) is 5.75 Å². The molecule has 0 bridgehead atoms. The molecule has 0 heterocycles. The van der Waals surface area contributed by atoms with Gasteiger partial charge in [-0.25, -0.2) is 0 Å². The van der Waals surface area contributed by atoms with Crippen molar-refractivity contribution in [1.29, 1.82) is 0 Å². The van der Waals surface area contributed by atoms with Gasteiger partial charge in [0.25, 0.3) is 0 Å². The highest BCUT2D eigenvalue weighted by Crippen LogP contribution is 2.40. The van der Waals surface area contributed by atoms with E-state index in [2.05, 4.69) is 108 Å². The van der Waals surface area contributed by atoms with Gasteiger partial charge in [0.2, 0.25) is 0 Å². The molecule has 0 aliphatic rings. The lowest BCUT2D eigenvalue weighted by atomic mass is 9.78. The average Bonchev–Trinajstić information content (AvgIpc) is 2.66. The Balaban J connectivity index is 1.88. The highest BCUT2D eigenvalue weighted by atomic mass is 16.3. The first-order chi connectivity index (χ1) is 14.0. The molecule has 4 rings (SSSR count). The maximum Gasteiger partial charge on any atom is 0.123 e. The van der Waals surface area contributed by atoms with Crippen molar-refractivity contribution >= 4 is 21.5 Å². The Labute approximate surface area is 180 Å². The average molecular weight is 397 g/mol. The van der Waals surface area contributed by atoms with Crippen LogP contribution in [0.25, 0.3) is 21.5 Å². The second-order valence-corrected chi connectivity index (χ2v) is 10.6. The Morgan fingerprint density at radius 3 is 1.73 bits per heavy atom. The summed E-state index contributed by atoms with van der Waals surface area (Å²) in [5.41, 5.74) is 4.39. The van der Waals surface area contributed by atoms with Gasteiger partial charge in [-0.15, -0.1) is 0 Å². The first kappa shape index (κ1) is 20.5. The number of rotatable bonds is 2. The highest BCUT2D eigenvalue weighted by molar-refractivity contribution is 5.99. The number of hydrogen-bond acceptors (Lipinski definition) is 1. The molecule has 0 atom stereocenters. The number of benzene rings is 4. The zero-order chi connectivity index (χ0) is 21.7. The molecule has 154 valence electrons. The summed E-state index contributed by atoms with van der Waals surface area (Å²) < 4.78 is 0. The van der Waals surface area contributed by atoms with E-state index < -0.39 is 0 Å². The molecular weight excluding hydrogens is 364 g/mol. The number of fused-ring (bicyclic) bond motifs is 2. The lowest BCUT2D eigenvalue weighted by molar-refractivity contribution is 0.423. The van der Waals surface area contributed by atoms with Gasteiger partial charge in [-0.3, -0.25) is 0 Å². The molecule has 0 saturated heterocycles. The molecule has 0 aliphatic carbocycles. The molecule has 0 fully saturated rings. The fourth-order valence-corrected chi connectivity index (χ4v) is 4.35. The first-order valence-corrected chi connectivity index (χ1v) is 10.8. The second kappa shape index (κ2) is 7.16. The molecule has 4 aromatic carbocycles. The lowest BCUT2D eigenvalue weighted by Crippen LogP contribution is -2.18. The quantitative estimate of drug-likeness (QED) is 0.342. The molecule has 1 nitrogen and oxygen atoms in total. The Morgan fingerprint density at radius 1 is 0.633 bits per heavy atom. The van der Waals surface area contributed by atoms with Crippen LogP contribution in [-0.2, 0) is 17.3 Å². The molecule has 4 aromatic rings. The lowest BCUT2D eigenvalue weighted by Gasteiger charge is -2.28. The Kier molecular flexibility index (Phi) is 4.89. The van der Waals surface area contributed by atoms with Crippen molar-refractivity contribution < 1.29 is 5.11 Å². The van der Waals surface area contributed by atoms with Crippen LogP contribution in [0.15, 0.2) is 66.7 Å². The summed E-state index contributed by atoms with van der Waals surface area (Å²) in [6.07, 6.45) is 0.849.